The first-order valence-electron chi connectivity index (χ1n) is 13.5. The Bertz CT molecular complexity index is 1560. The van der Waals surface area contributed by atoms with E-state index in [-0.39, 0.29) is 0 Å². The van der Waals surface area contributed by atoms with Crippen molar-refractivity contribution in [3.8, 4) is 11.3 Å². The fourth-order valence-electron chi connectivity index (χ4n) is 6.21. The fraction of sp³-hybridized carbons (Fsp3) is 0.379. The van der Waals surface area contributed by atoms with Crippen molar-refractivity contribution in [1.29, 1.82) is 0 Å². The number of anilines is 1. The standard InChI is InChI=1S/C29H32N8O/c30-28-26-27(21-4-9-25-20(17-21)10-12-36(25)18-22-3-1-2-11-31-22)34-37(29(26)33-19-32-28)24-7-5-23(6-8-24)35-13-15-38-16-14-35/h1-4,9-12,17,19,23-24H,5-8,13-16,18H2,(H2,30,32,33)/t23-,24-. The number of aromatic nitrogens is 6. The van der Waals surface area contributed by atoms with Crippen molar-refractivity contribution in [3.05, 3.63) is 66.9 Å². The van der Waals surface area contributed by atoms with Crippen molar-refractivity contribution >= 4 is 27.8 Å². The Labute approximate surface area is 221 Å². The van der Waals surface area contributed by atoms with Crippen molar-refractivity contribution in [2.75, 3.05) is 32.0 Å². The molecule has 2 fully saturated rings. The predicted octanol–water partition coefficient (Wildman–Crippen LogP) is 4.29. The highest BCUT2D eigenvalue weighted by Crippen LogP contribution is 2.37. The van der Waals surface area contributed by atoms with E-state index in [1.165, 1.54) is 0 Å². The minimum Gasteiger partial charge on any atom is -0.383 e. The monoisotopic (exact) mass is 508 g/mol. The molecule has 1 saturated carbocycles. The highest BCUT2D eigenvalue weighted by Gasteiger charge is 2.30. The van der Waals surface area contributed by atoms with Crippen LogP contribution in [-0.2, 0) is 11.3 Å². The Kier molecular flexibility index (Phi) is 6.02. The Balaban J connectivity index is 1.20. The first-order valence-corrected chi connectivity index (χ1v) is 13.5. The molecule has 1 saturated heterocycles. The first kappa shape index (κ1) is 23.3. The van der Waals surface area contributed by atoms with Gasteiger partial charge in [-0.15, -0.1) is 0 Å². The van der Waals surface area contributed by atoms with Gasteiger partial charge in [0.1, 0.15) is 17.8 Å². The number of fused-ring (bicyclic) bond motifs is 2. The number of nitrogens with zero attached hydrogens (tertiary/aromatic N) is 7. The average Bonchev–Trinajstić information content (AvgIpc) is 3.56. The largest absolute Gasteiger partial charge is 0.383 e. The van der Waals surface area contributed by atoms with Gasteiger partial charge >= 0.3 is 0 Å². The Morgan fingerprint density at radius 2 is 1.76 bits per heavy atom. The lowest BCUT2D eigenvalue weighted by Crippen LogP contribution is -2.45. The molecule has 5 aromatic rings. The molecular weight excluding hydrogens is 476 g/mol. The zero-order valence-electron chi connectivity index (χ0n) is 21.4. The molecule has 4 aromatic heterocycles. The number of hydrogen-bond donors (Lipinski definition) is 1. The molecule has 0 bridgehead atoms. The molecule has 7 rings (SSSR count). The van der Waals surface area contributed by atoms with E-state index in [2.05, 4.69) is 65.6 Å². The van der Waals surface area contributed by atoms with Crippen LogP contribution < -0.4 is 5.73 Å². The molecule has 2 N–H and O–H groups in total. The zero-order valence-corrected chi connectivity index (χ0v) is 21.4. The maximum absolute atomic E-state index is 6.43. The van der Waals surface area contributed by atoms with E-state index in [9.17, 15) is 0 Å². The molecule has 0 spiro atoms. The van der Waals surface area contributed by atoms with Crippen molar-refractivity contribution in [3.63, 3.8) is 0 Å². The highest BCUT2D eigenvalue weighted by molar-refractivity contribution is 6.00. The van der Waals surface area contributed by atoms with Crippen LogP contribution in [0.5, 0.6) is 0 Å². The lowest BCUT2D eigenvalue weighted by atomic mass is 9.90. The van der Waals surface area contributed by atoms with Gasteiger partial charge in [-0.3, -0.25) is 9.88 Å². The molecule has 1 aliphatic heterocycles. The zero-order chi connectivity index (χ0) is 25.5. The molecule has 5 heterocycles. The van der Waals surface area contributed by atoms with Crippen molar-refractivity contribution < 1.29 is 4.74 Å². The van der Waals surface area contributed by atoms with Gasteiger partial charge in [-0.25, -0.2) is 14.6 Å². The van der Waals surface area contributed by atoms with Crippen LogP contribution in [0.25, 0.3) is 33.2 Å². The van der Waals surface area contributed by atoms with Gasteiger partial charge in [0.15, 0.2) is 5.65 Å². The summed E-state index contributed by atoms with van der Waals surface area (Å²) in [7, 11) is 0. The molecule has 2 aliphatic rings. The second-order valence-electron chi connectivity index (χ2n) is 10.4. The summed E-state index contributed by atoms with van der Waals surface area (Å²) >= 11 is 0. The van der Waals surface area contributed by atoms with Gasteiger partial charge in [-0.1, -0.05) is 12.1 Å². The van der Waals surface area contributed by atoms with Crippen LogP contribution in [0.15, 0.2) is 61.2 Å². The SMILES string of the molecule is Nc1ncnc2c1c(-c1ccc3c(ccn3Cc3ccccn3)c1)nn2[C@H]1CC[C@H](N2CCOCC2)CC1. The number of pyridine rings is 1. The molecule has 0 radical (unpaired) electrons. The first-order chi connectivity index (χ1) is 18.7. The number of rotatable bonds is 5. The van der Waals surface area contributed by atoms with Crippen LogP contribution in [0.1, 0.15) is 37.4 Å². The third-order valence-electron chi connectivity index (χ3n) is 8.20. The minimum atomic E-state index is 0.307. The summed E-state index contributed by atoms with van der Waals surface area (Å²) in [6.07, 6.45) is 10.00. The summed E-state index contributed by atoms with van der Waals surface area (Å²) in [4.78, 5) is 16.1. The maximum Gasteiger partial charge on any atom is 0.164 e. The second-order valence-corrected chi connectivity index (χ2v) is 10.4. The summed E-state index contributed by atoms with van der Waals surface area (Å²) in [5, 5.41) is 7.14. The molecule has 0 unspecified atom stereocenters. The van der Waals surface area contributed by atoms with Gasteiger partial charge in [-0.05, 0) is 56.0 Å². The number of hydrogen-bond acceptors (Lipinski definition) is 7. The van der Waals surface area contributed by atoms with E-state index in [0.717, 1.165) is 97.4 Å². The van der Waals surface area contributed by atoms with Gasteiger partial charge in [0.05, 0.1) is 36.9 Å². The molecule has 194 valence electrons. The molecule has 1 aliphatic carbocycles. The van der Waals surface area contributed by atoms with Crippen LogP contribution in [0.2, 0.25) is 0 Å². The minimum absolute atomic E-state index is 0.307. The van der Waals surface area contributed by atoms with Crippen molar-refractivity contribution in [1.82, 2.24) is 34.2 Å². The van der Waals surface area contributed by atoms with Crippen molar-refractivity contribution in [2.45, 2.75) is 44.3 Å². The van der Waals surface area contributed by atoms with E-state index in [1.807, 2.05) is 18.3 Å². The van der Waals surface area contributed by atoms with Crippen LogP contribution in [0.3, 0.4) is 0 Å². The van der Waals surface area contributed by atoms with E-state index >= 15 is 0 Å². The van der Waals surface area contributed by atoms with Gasteiger partial charge in [-0.2, -0.15) is 5.10 Å². The number of nitrogens with two attached hydrogens (primary N) is 1. The van der Waals surface area contributed by atoms with Gasteiger partial charge in [0, 0.05) is 48.0 Å². The molecule has 38 heavy (non-hydrogen) atoms. The van der Waals surface area contributed by atoms with Gasteiger partial charge in [0.2, 0.25) is 0 Å². The molecule has 1 aromatic carbocycles. The third kappa shape index (κ3) is 4.21. The molecule has 0 atom stereocenters. The van der Waals surface area contributed by atoms with E-state index in [1.54, 1.807) is 6.33 Å². The number of morpholine rings is 1. The average molecular weight is 509 g/mol. The summed E-state index contributed by atoms with van der Waals surface area (Å²) in [5.41, 5.74) is 11.3. The Morgan fingerprint density at radius 3 is 2.58 bits per heavy atom. The molecule has 9 nitrogen and oxygen atoms in total. The topological polar surface area (TPSA) is 99.9 Å². The van der Waals surface area contributed by atoms with Gasteiger partial charge in [0.25, 0.3) is 0 Å². The third-order valence-corrected chi connectivity index (χ3v) is 8.20. The summed E-state index contributed by atoms with van der Waals surface area (Å²) in [5.74, 6) is 0.478. The molecule has 9 heteroatoms. The predicted molar refractivity (Wildman–Crippen MR) is 148 cm³/mol. The summed E-state index contributed by atoms with van der Waals surface area (Å²) in [6, 6.07) is 15.6. The van der Waals surface area contributed by atoms with E-state index < -0.39 is 0 Å². The number of nitrogen functional groups attached to an aromatic ring is 1. The van der Waals surface area contributed by atoms with Crippen molar-refractivity contribution in [2.24, 2.45) is 0 Å². The molecular formula is C29H32N8O. The number of benzene rings is 1. The van der Waals surface area contributed by atoms with E-state index in [0.29, 0.717) is 17.9 Å². The fourth-order valence-corrected chi connectivity index (χ4v) is 6.21. The normalized spacial score (nSPS) is 20.8. The second kappa shape index (κ2) is 9.81. The Morgan fingerprint density at radius 1 is 0.921 bits per heavy atom. The summed E-state index contributed by atoms with van der Waals surface area (Å²) < 4.78 is 9.90. The van der Waals surface area contributed by atoms with E-state index in [4.69, 9.17) is 15.6 Å². The highest BCUT2D eigenvalue weighted by atomic mass is 16.5. The van der Waals surface area contributed by atoms with Crippen LogP contribution in [0, 0.1) is 0 Å². The Hall–Kier alpha value is -3.82. The van der Waals surface area contributed by atoms with Gasteiger partial charge < -0.3 is 15.0 Å². The number of ether oxygens (including phenoxy) is 1. The lowest BCUT2D eigenvalue weighted by Gasteiger charge is -2.38. The summed E-state index contributed by atoms with van der Waals surface area (Å²) in [6.45, 7) is 4.51. The van der Waals surface area contributed by atoms with Crippen LogP contribution >= 0.6 is 0 Å². The quantitative estimate of drug-likeness (QED) is 0.378. The van der Waals surface area contributed by atoms with Crippen LogP contribution in [0.4, 0.5) is 5.82 Å². The maximum atomic E-state index is 6.43. The lowest BCUT2D eigenvalue weighted by molar-refractivity contribution is 0.00520. The molecule has 0 amide bonds. The van der Waals surface area contributed by atoms with Crippen LogP contribution in [-0.4, -0.2) is 66.5 Å². The smallest absolute Gasteiger partial charge is 0.164 e.